The first-order chi connectivity index (χ1) is 9.83. The fourth-order valence-electron chi connectivity index (χ4n) is 2.98. The Morgan fingerprint density at radius 1 is 1.29 bits per heavy atom. The molecule has 1 amide bonds. The summed E-state index contributed by atoms with van der Waals surface area (Å²) in [6.07, 6.45) is 3.96. The molecule has 0 aromatic carbocycles. The van der Waals surface area contributed by atoms with Crippen LogP contribution in [0.2, 0.25) is 0 Å². The number of carbonyl (C=O) groups is 1. The number of ether oxygens (including phenoxy) is 2. The third-order valence-electron chi connectivity index (χ3n) is 4.06. The zero-order valence-electron chi connectivity index (χ0n) is 13.9. The first kappa shape index (κ1) is 16.6. The van der Waals surface area contributed by atoms with Crippen molar-refractivity contribution in [1.29, 1.82) is 0 Å². The summed E-state index contributed by atoms with van der Waals surface area (Å²) in [5.41, 5.74) is -0.413. The van der Waals surface area contributed by atoms with Crippen molar-refractivity contribution in [3.05, 3.63) is 0 Å². The number of likely N-dealkylation sites (tertiary alicyclic amines) is 1. The highest BCUT2D eigenvalue weighted by Gasteiger charge is 2.30. The molecule has 122 valence electrons. The largest absolute Gasteiger partial charge is 0.444 e. The highest BCUT2D eigenvalue weighted by atomic mass is 16.6. The van der Waals surface area contributed by atoms with E-state index in [-0.39, 0.29) is 6.09 Å². The van der Waals surface area contributed by atoms with Gasteiger partial charge >= 0.3 is 6.09 Å². The molecule has 3 atom stereocenters. The van der Waals surface area contributed by atoms with E-state index >= 15 is 0 Å². The van der Waals surface area contributed by atoms with Gasteiger partial charge in [-0.1, -0.05) is 0 Å². The SMILES string of the molecule is CC1CCC(CNCC2CCN(C(=O)OC(C)(C)C)C2)O1. The van der Waals surface area contributed by atoms with Gasteiger partial charge in [0.15, 0.2) is 0 Å². The Balaban J connectivity index is 1.62. The Hall–Kier alpha value is -0.810. The molecule has 0 spiro atoms. The molecule has 2 heterocycles. The Labute approximate surface area is 128 Å². The van der Waals surface area contributed by atoms with Crippen LogP contribution in [0.25, 0.3) is 0 Å². The standard InChI is InChI=1S/C16H30N2O3/c1-12-5-6-14(20-12)10-17-9-13-7-8-18(11-13)15(19)21-16(2,3)4/h12-14,17H,5-11H2,1-4H3. The molecular formula is C16H30N2O3. The van der Waals surface area contributed by atoms with Gasteiger partial charge in [0, 0.05) is 19.6 Å². The molecule has 21 heavy (non-hydrogen) atoms. The highest BCUT2D eigenvalue weighted by Crippen LogP contribution is 2.20. The van der Waals surface area contributed by atoms with Gasteiger partial charge in [-0.25, -0.2) is 4.79 Å². The molecule has 1 N–H and O–H groups in total. The molecule has 0 aromatic heterocycles. The van der Waals surface area contributed by atoms with Gasteiger partial charge in [-0.3, -0.25) is 0 Å². The van der Waals surface area contributed by atoms with E-state index in [2.05, 4.69) is 12.2 Å². The molecule has 2 aliphatic rings. The average Bonchev–Trinajstić information content (AvgIpc) is 2.97. The molecule has 2 fully saturated rings. The van der Waals surface area contributed by atoms with Gasteiger partial charge in [0.2, 0.25) is 0 Å². The summed E-state index contributed by atoms with van der Waals surface area (Å²) in [5, 5.41) is 3.49. The predicted octanol–water partition coefficient (Wildman–Crippen LogP) is 2.40. The molecule has 5 nitrogen and oxygen atoms in total. The second-order valence-corrected chi connectivity index (χ2v) is 7.39. The lowest BCUT2D eigenvalue weighted by Gasteiger charge is -2.24. The lowest BCUT2D eigenvalue weighted by atomic mass is 10.1. The Morgan fingerprint density at radius 3 is 2.67 bits per heavy atom. The number of carbonyl (C=O) groups excluding carboxylic acids is 1. The van der Waals surface area contributed by atoms with Crippen LogP contribution in [-0.2, 0) is 9.47 Å². The Kier molecular flexibility index (Phi) is 5.49. The average molecular weight is 298 g/mol. The topological polar surface area (TPSA) is 50.8 Å². The molecule has 0 radical (unpaired) electrons. The summed E-state index contributed by atoms with van der Waals surface area (Å²) in [6, 6.07) is 0. The van der Waals surface area contributed by atoms with Crippen molar-refractivity contribution in [3.8, 4) is 0 Å². The van der Waals surface area contributed by atoms with E-state index in [1.807, 2.05) is 25.7 Å². The summed E-state index contributed by atoms with van der Waals surface area (Å²) in [4.78, 5) is 13.8. The van der Waals surface area contributed by atoms with Crippen LogP contribution in [0.1, 0.15) is 47.0 Å². The van der Waals surface area contributed by atoms with Crippen LogP contribution in [0.3, 0.4) is 0 Å². The molecular weight excluding hydrogens is 268 g/mol. The van der Waals surface area contributed by atoms with Crippen LogP contribution in [0.15, 0.2) is 0 Å². The van der Waals surface area contributed by atoms with E-state index in [4.69, 9.17) is 9.47 Å². The summed E-state index contributed by atoms with van der Waals surface area (Å²) in [5.74, 6) is 0.524. The van der Waals surface area contributed by atoms with E-state index < -0.39 is 5.60 Å². The van der Waals surface area contributed by atoms with Gasteiger partial charge in [0.25, 0.3) is 0 Å². The minimum absolute atomic E-state index is 0.182. The maximum atomic E-state index is 12.0. The second-order valence-electron chi connectivity index (χ2n) is 7.39. The van der Waals surface area contributed by atoms with Gasteiger partial charge < -0.3 is 19.7 Å². The number of rotatable bonds is 4. The zero-order chi connectivity index (χ0) is 15.5. The van der Waals surface area contributed by atoms with Gasteiger partial charge in [-0.15, -0.1) is 0 Å². The molecule has 2 aliphatic heterocycles. The third kappa shape index (κ3) is 5.47. The van der Waals surface area contributed by atoms with Crippen molar-refractivity contribution < 1.29 is 14.3 Å². The highest BCUT2D eigenvalue weighted by molar-refractivity contribution is 5.68. The fourth-order valence-corrected chi connectivity index (χ4v) is 2.98. The van der Waals surface area contributed by atoms with Crippen LogP contribution in [-0.4, -0.2) is 55.0 Å². The second kappa shape index (κ2) is 6.97. The molecule has 0 bridgehead atoms. The third-order valence-corrected chi connectivity index (χ3v) is 4.06. The van der Waals surface area contributed by atoms with Gasteiger partial charge in [-0.2, -0.15) is 0 Å². The maximum absolute atomic E-state index is 12.0. The van der Waals surface area contributed by atoms with E-state index in [1.54, 1.807) is 0 Å². The van der Waals surface area contributed by atoms with E-state index in [9.17, 15) is 4.79 Å². The first-order valence-corrected chi connectivity index (χ1v) is 8.17. The molecule has 0 aromatic rings. The number of nitrogens with one attached hydrogen (secondary N) is 1. The molecule has 3 unspecified atom stereocenters. The lowest BCUT2D eigenvalue weighted by molar-refractivity contribution is 0.0286. The molecule has 5 heteroatoms. The minimum atomic E-state index is -0.413. The van der Waals surface area contributed by atoms with Gasteiger partial charge in [-0.05, 0) is 59.4 Å². The summed E-state index contributed by atoms with van der Waals surface area (Å²) < 4.78 is 11.2. The quantitative estimate of drug-likeness (QED) is 0.866. The molecule has 0 aliphatic carbocycles. The van der Waals surface area contributed by atoms with Crippen LogP contribution in [0, 0.1) is 5.92 Å². The summed E-state index contributed by atoms with van der Waals surface area (Å²) in [6.45, 7) is 11.3. The van der Waals surface area contributed by atoms with Gasteiger partial charge in [0.1, 0.15) is 5.60 Å². The zero-order valence-corrected chi connectivity index (χ0v) is 13.9. The Morgan fingerprint density at radius 2 is 2.05 bits per heavy atom. The summed E-state index contributed by atoms with van der Waals surface area (Å²) >= 11 is 0. The normalized spacial score (nSPS) is 29.9. The van der Waals surface area contributed by atoms with Crippen molar-refractivity contribution in [2.24, 2.45) is 5.92 Å². The molecule has 2 rings (SSSR count). The van der Waals surface area contributed by atoms with Crippen LogP contribution in [0.4, 0.5) is 4.79 Å². The van der Waals surface area contributed by atoms with E-state index in [0.29, 0.717) is 18.1 Å². The van der Waals surface area contributed by atoms with Crippen molar-refractivity contribution in [2.75, 3.05) is 26.2 Å². The number of hydrogen-bond donors (Lipinski definition) is 1. The Bertz CT molecular complexity index is 354. The monoisotopic (exact) mass is 298 g/mol. The predicted molar refractivity (Wildman–Crippen MR) is 82.4 cm³/mol. The molecule has 0 saturated carbocycles. The molecule has 2 saturated heterocycles. The van der Waals surface area contributed by atoms with Crippen LogP contribution >= 0.6 is 0 Å². The smallest absolute Gasteiger partial charge is 0.410 e. The number of amides is 1. The summed E-state index contributed by atoms with van der Waals surface area (Å²) in [7, 11) is 0. The first-order valence-electron chi connectivity index (χ1n) is 8.17. The number of hydrogen-bond acceptors (Lipinski definition) is 4. The van der Waals surface area contributed by atoms with Crippen molar-refractivity contribution in [1.82, 2.24) is 10.2 Å². The van der Waals surface area contributed by atoms with Crippen LogP contribution < -0.4 is 5.32 Å². The van der Waals surface area contributed by atoms with E-state index in [1.165, 1.54) is 6.42 Å². The van der Waals surface area contributed by atoms with Crippen molar-refractivity contribution in [3.63, 3.8) is 0 Å². The van der Waals surface area contributed by atoms with Crippen molar-refractivity contribution in [2.45, 2.75) is 64.8 Å². The van der Waals surface area contributed by atoms with E-state index in [0.717, 1.165) is 39.0 Å². The fraction of sp³-hybridized carbons (Fsp3) is 0.938. The minimum Gasteiger partial charge on any atom is -0.444 e. The van der Waals surface area contributed by atoms with Crippen LogP contribution in [0.5, 0.6) is 0 Å². The maximum Gasteiger partial charge on any atom is 0.410 e. The number of nitrogens with zero attached hydrogens (tertiary/aromatic N) is 1. The van der Waals surface area contributed by atoms with Crippen molar-refractivity contribution >= 4 is 6.09 Å². The van der Waals surface area contributed by atoms with Gasteiger partial charge in [0.05, 0.1) is 12.2 Å². The lowest BCUT2D eigenvalue weighted by Crippen LogP contribution is -2.36.